The first-order chi connectivity index (χ1) is 6.65. The molecule has 74 valence electrons. The molecular weight excluding hydrogens is 190 g/mol. The molecule has 0 bridgehead atoms. The second-order valence-corrected chi connectivity index (χ2v) is 2.44. The molecule has 0 saturated heterocycles. The van der Waals surface area contributed by atoms with Gasteiger partial charge in [0.25, 0.3) is 11.8 Å². The van der Waals surface area contributed by atoms with Crippen molar-refractivity contribution in [2.75, 3.05) is 0 Å². The van der Waals surface area contributed by atoms with Gasteiger partial charge in [0.15, 0.2) is 6.10 Å². The summed E-state index contributed by atoms with van der Waals surface area (Å²) in [5.74, 6) is 2.36. The normalized spacial score (nSPS) is 11.4. The maximum absolute atomic E-state index is 12.9. The summed E-state index contributed by atoms with van der Waals surface area (Å²) in [6.45, 7) is 3.23. The first-order valence-electron chi connectivity index (χ1n) is 3.90. The lowest BCUT2D eigenvalue weighted by atomic mass is 10.4. The quantitative estimate of drug-likeness (QED) is 0.534. The van der Waals surface area contributed by atoms with Crippen molar-refractivity contribution in [3.05, 3.63) is 18.1 Å². The van der Waals surface area contributed by atoms with E-state index in [9.17, 15) is 8.78 Å². The van der Waals surface area contributed by atoms with Gasteiger partial charge in [-0.25, -0.2) is 4.98 Å². The fourth-order valence-electron chi connectivity index (χ4n) is 0.816. The summed E-state index contributed by atoms with van der Waals surface area (Å²) in [5.41, 5.74) is 0. The Morgan fingerprint density at radius 2 is 2.14 bits per heavy atom. The highest BCUT2D eigenvalue weighted by Crippen LogP contribution is 2.14. The molecule has 0 aromatic carbocycles. The van der Waals surface area contributed by atoms with E-state index in [1.807, 2.05) is 0 Å². The average molecular weight is 198 g/mol. The molecule has 1 rings (SSSR count). The fourth-order valence-corrected chi connectivity index (χ4v) is 0.816. The van der Waals surface area contributed by atoms with Gasteiger partial charge in [-0.05, 0) is 13.8 Å². The van der Waals surface area contributed by atoms with Crippen LogP contribution in [0.5, 0.6) is 5.88 Å². The molecule has 0 amide bonds. The molecule has 3 nitrogen and oxygen atoms in total. The summed E-state index contributed by atoms with van der Waals surface area (Å²) in [5, 5.41) is 0. The smallest absolute Gasteiger partial charge is 0.258 e. The van der Waals surface area contributed by atoms with Crippen LogP contribution in [0.15, 0.2) is 6.33 Å². The van der Waals surface area contributed by atoms with E-state index in [1.54, 1.807) is 13.8 Å². The molecule has 0 N–H and O–H groups in total. The molecule has 0 aliphatic heterocycles. The van der Waals surface area contributed by atoms with Gasteiger partial charge >= 0.3 is 0 Å². The van der Waals surface area contributed by atoms with Gasteiger partial charge in [-0.15, -0.1) is 5.92 Å². The Labute approximate surface area is 80.1 Å². The van der Waals surface area contributed by atoms with Crippen LogP contribution in [0, 0.1) is 23.6 Å². The maximum Gasteiger partial charge on any atom is 0.258 e. The molecule has 1 aromatic heterocycles. The maximum atomic E-state index is 12.9. The molecule has 5 heteroatoms. The van der Waals surface area contributed by atoms with Gasteiger partial charge in [-0.3, -0.25) is 0 Å². The molecule has 0 fully saturated rings. The van der Waals surface area contributed by atoms with E-state index < -0.39 is 23.7 Å². The van der Waals surface area contributed by atoms with Crippen molar-refractivity contribution >= 4 is 0 Å². The van der Waals surface area contributed by atoms with Gasteiger partial charge < -0.3 is 4.74 Å². The van der Waals surface area contributed by atoms with Crippen molar-refractivity contribution in [3.63, 3.8) is 0 Å². The van der Waals surface area contributed by atoms with Crippen molar-refractivity contribution in [2.45, 2.75) is 20.0 Å². The highest BCUT2D eigenvalue weighted by atomic mass is 19.2. The zero-order chi connectivity index (χ0) is 10.6. The van der Waals surface area contributed by atoms with E-state index in [1.165, 1.54) is 0 Å². The molecule has 1 aromatic rings. The van der Waals surface area contributed by atoms with Gasteiger partial charge in [-0.2, -0.15) is 13.8 Å². The molecule has 0 saturated carbocycles. The third-order valence-corrected chi connectivity index (χ3v) is 1.35. The van der Waals surface area contributed by atoms with Crippen LogP contribution >= 0.6 is 0 Å². The number of nitrogens with zero attached hydrogens (tertiary/aromatic N) is 2. The predicted molar refractivity (Wildman–Crippen MR) is 45.5 cm³/mol. The Bertz CT molecular complexity index is 384. The highest BCUT2D eigenvalue weighted by molar-refractivity contribution is 5.13. The Morgan fingerprint density at radius 3 is 2.79 bits per heavy atom. The first-order valence-corrected chi connectivity index (χ1v) is 3.90. The number of halogens is 2. The lowest BCUT2D eigenvalue weighted by molar-refractivity contribution is 0.246. The van der Waals surface area contributed by atoms with Crippen molar-refractivity contribution < 1.29 is 13.5 Å². The topological polar surface area (TPSA) is 35.0 Å². The second kappa shape index (κ2) is 4.51. The van der Waals surface area contributed by atoms with Crippen LogP contribution in [0.2, 0.25) is 0 Å². The van der Waals surface area contributed by atoms with Gasteiger partial charge in [0.05, 0.1) is 0 Å². The minimum absolute atomic E-state index is 0.423. The van der Waals surface area contributed by atoms with Crippen LogP contribution in [0.4, 0.5) is 8.78 Å². The van der Waals surface area contributed by atoms with Crippen LogP contribution in [0.25, 0.3) is 0 Å². The van der Waals surface area contributed by atoms with Crippen molar-refractivity contribution in [2.24, 2.45) is 0 Å². The van der Waals surface area contributed by atoms with Gasteiger partial charge in [0, 0.05) is 0 Å². The molecule has 14 heavy (non-hydrogen) atoms. The fraction of sp³-hybridized carbons (Fsp3) is 0.333. The molecule has 0 radical (unpaired) electrons. The summed E-state index contributed by atoms with van der Waals surface area (Å²) in [6.07, 6.45) is 0.351. The number of hydrogen-bond donors (Lipinski definition) is 0. The first kappa shape index (κ1) is 10.4. The van der Waals surface area contributed by atoms with E-state index in [0.717, 1.165) is 6.33 Å². The Balaban J connectivity index is 2.85. The van der Waals surface area contributed by atoms with E-state index >= 15 is 0 Å². The third-order valence-electron chi connectivity index (χ3n) is 1.35. The number of aromatic nitrogens is 2. The van der Waals surface area contributed by atoms with Gasteiger partial charge in [-0.1, -0.05) is 5.92 Å². The van der Waals surface area contributed by atoms with E-state index in [2.05, 4.69) is 21.8 Å². The summed E-state index contributed by atoms with van der Waals surface area (Å²) in [4.78, 5) is 6.47. The predicted octanol–water partition coefficient (Wildman–Crippen LogP) is 1.55. The van der Waals surface area contributed by atoms with Crippen LogP contribution in [-0.2, 0) is 0 Å². The Morgan fingerprint density at radius 1 is 1.43 bits per heavy atom. The molecular formula is C9H8F2N2O. The molecule has 0 aliphatic carbocycles. The standard InChI is InChI=1S/C9H8F2N2O/c1-3-4-6(2)14-9-7(10)8(11)12-5-13-9/h5-6H,1-2H3. The Kier molecular flexibility index (Phi) is 3.35. The van der Waals surface area contributed by atoms with Crippen LogP contribution in [0.1, 0.15) is 13.8 Å². The number of ether oxygens (including phenoxy) is 1. The molecule has 1 atom stereocenters. The largest absolute Gasteiger partial charge is 0.459 e. The monoisotopic (exact) mass is 198 g/mol. The molecule has 0 spiro atoms. The highest BCUT2D eigenvalue weighted by Gasteiger charge is 2.13. The van der Waals surface area contributed by atoms with E-state index in [4.69, 9.17) is 4.74 Å². The SMILES string of the molecule is CC#CC(C)Oc1ncnc(F)c1F. The van der Waals surface area contributed by atoms with E-state index in [0.29, 0.717) is 0 Å². The summed E-state index contributed by atoms with van der Waals surface area (Å²) >= 11 is 0. The Hall–Kier alpha value is -1.70. The van der Waals surface area contributed by atoms with Crippen molar-refractivity contribution in [1.29, 1.82) is 0 Å². The lowest BCUT2D eigenvalue weighted by Crippen LogP contribution is -2.12. The lowest BCUT2D eigenvalue weighted by Gasteiger charge is -2.07. The van der Waals surface area contributed by atoms with Gasteiger partial charge in [0.1, 0.15) is 6.33 Å². The molecule has 1 heterocycles. The van der Waals surface area contributed by atoms with Crippen LogP contribution in [0.3, 0.4) is 0 Å². The van der Waals surface area contributed by atoms with Crippen LogP contribution < -0.4 is 4.74 Å². The average Bonchev–Trinajstić information content (AvgIpc) is 2.13. The minimum Gasteiger partial charge on any atom is -0.459 e. The summed E-state index contributed by atoms with van der Waals surface area (Å²) in [6, 6.07) is 0. The van der Waals surface area contributed by atoms with Crippen molar-refractivity contribution in [1.82, 2.24) is 9.97 Å². The third kappa shape index (κ3) is 2.39. The zero-order valence-corrected chi connectivity index (χ0v) is 7.71. The van der Waals surface area contributed by atoms with Gasteiger partial charge in [0.2, 0.25) is 5.82 Å². The van der Waals surface area contributed by atoms with E-state index in [-0.39, 0.29) is 0 Å². The van der Waals surface area contributed by atoms with Crippen LogP contribution in [-0.4, -0.2) is 16.1 Å². The number of rotatable bonds is 2. The second-order valence-electron chi connectivity index (χ2n) is 2.44. The number of hydrogen-bond acceptors (Lipinski definition) is 3. The molecule has 0 aliphatic rings. The summed E-state index contributed by atoms with van der Waals surface area (Å²) < 4.78 is 30.4. The molecule has 1 unspecified atom stereocenters. The van der Waals surface area contributed by atoms with Crippen molar-refractivity contribution in [3.8, 4) is 17.7 Å². The zero-order valence-electron chi connectivity index (χ0n) is 7.71. The minimum atomic E-state index is -1.23. The summed E-state index contributed by atoms with van der Waals surface area (Å²) in [7, 11) is 0.